The van der Waals surface area contributed by atoms with Gasteiger partial charge < -0.3 is 0 Å². The van der Waals surface area contributed by atoms with Gasteiger partial charge in [-0.05, 0) is 32.8 Å². The zero-order chi connectivity index (χ0) is 17.9. The number of hydrogen-bond acceptors (Lipinski definition) is 3. The first-order chi connectivity index (χ1) is 11.8. The van der Waals surface area contributed by atoms with Gasteiger partial charge >= 0.3 is 6.18 Å². The molecule has 1 fully saturated rings. The second-order valence-corrected chi connectivity index (χ2v) is 6.52. The van der Waals surface area contributed by atoms with Crippen molar-refractivity contribution in [3.05, 3.63) is 29.2 Å². The van der Waals surface area contributed by atoms with E-state index < -0.39 is 11.7 Å². The summed E-state index contributed by atoms with van der Waals surface area (Å²) in [6, 6.07) is 1.14. The average molecular weight is 349 g/mol. The number of aryl methyl sites for hydroxylation is 3. The van der Waals surface area contributed by atoms with Gasteiger partial charge in [0.15, 0.2) is 5.65 Å². The molecule has 8 heteroatoms. The third-order valence-electron chi connectivity index (χ3n) is 4.64. The van der Waals surface area contributed by atoms with Crippen LogP contribution in [0.25, 0.3) is 22.3 Å². The Hall–Kier alpha value is -2.38. The molecule has 0 spiro atoms. The van der Waals surface area contributed by atoms with Crippen molar-refractivity contribution in [1.82, 2.24) is 24.5 Å². The van der Waals surface area contributed by atoms with Gasteiger partial charge in [0.05, 0.1) is 28.0 Å². The molecular formula is C17H18F3N5. The van der Waals surface area contributed by atoms with Crippen LogP contribution in [0, 0.1) is 6.92 Å². The lowest BCUT2D eigenvalue weighted by molar-refractivity contribution is -0.136. The normalized spacial score (nSPS) is 15.3. The fourth-order valence-electron chi connectivity index (χ4n) is 3.21. The molecule has 3 aromatic rings. The second-order valence-electron chi connectivity index (χ2n) is 6.52. The molecule has 0 bridgehead atoms. The lowest BCUT2D eigenvalue weighted by atomic mass is 10.0. The Kier molecular flexibility index (Phi) is 3.42. The highest BCUT2D eigenvalue weighted by Gasteiger charge is 2.39. The highest BCUT2D eigenvalue weighted by Crippen LogP contribution is 2.46. The Balaban J connectivity index is 2.01. The van der Waals surface area contributed by atoms with Gasteiger partial charge in [-0.25, -0.2) is 4.98 Å². The van der Waals surface area contributed by atoms with Crippen molar-refractivity contribution in [3.63, 3.8) is 0 Å². The topological polar surface area (TPSA) is 48.5 Å². The number of alkyl halides is 3. The highest BCUT2D eigenvalue weighted by atomic mass is 19.4. The lowest BCUT2D eigenvalue weighted by Crippen LogP contribution is -2.08. The van der Waals surface area contributed by atoms with Gasteiger partial charge in [-0.3, -0.25) is 9.36 Å². The summed E-state index contributed by atoms with van der Waals surface area (Å²) >= 11 is 0. The molecule has 1 saturated carbocycles. The van der Waals surface area contributed by atoms with Crippen LogP contribution in [0.5, 0.6) is 0 Å². The number of rotatable bonds is 3. The first-order valence-electron chi connectivity index (χ1n) is 8.28. The Morgan fingerprint density at radius 3 is 2.52 bits per heavy atom. The summed E-state index contributed by atoms with van der Waals surface area (Å²) in [5.41, 5.74) is 1.68. The van der Waals surface area contributed by atoms with Gasteiger partial charge in [0.25, 0.3) is 0 Å². The molecule has 0 N–H and O–H groups in total. The molecule has 4 rings (SSSR count). The minimum absolute atomic E-state index is 0.113. The molecular weight excluding hydrogens is 331 g/mol. The molecule has 0 atom stereocenters. The molecule has 1 aliphatic carbocycles. The van der Waals surface area contributed by atoms with E-state index in [1.54, 1.807) is 24.9 Å². The zero-order valence-corrected chi connectivity index (χ0v) is 14.2. The number of nitrogens with zero attached hydrogens (tertiary/aromatic N) is 5. The van der Waals surface area contributed by atoms with Crippen molar-refractivity contribution in [3.8, 4) is 11.3 Å². The molecule has 25 heavy (non-hydrogen) atoms. The van der Waals surface area contributed by atoms with Crippen molar-refractivity contribution in [2.24, 2.45) is 7.05 Å². The maximum Gasteiger partial charge on any atom is 0.417 e. The molecule has 1 aliphatic rings. The van der Waals surface area contributed by atoms with E-state index in [1.807, 2.05) is 6.92 Å². The van der Waals surface area contributed by atoms with Crippen molar-refractivity contribution < 1.29 is 13.2 Å². The van der Waals surface area contributed by atoms with Crippen LogP contribution in [0.1, 0.15) is 42.6 Å². The van der Waals surface area contributed by atoms with Crippen molar-refractivity contribution >= 4 is 11.0 Å². The summed E-state index contributed by atoms with van der Waals surface area (Å²) in [4.78, 5) is 4.51. The van der Waals surface area contributed by atoms with E-state index in [9.17, 15) is 13.2 Å². The number of halogens is 3. The molecule has 0 amide bonds. The van der Waals surface area contributed by atoms with Crippen molar-refractivity contribution in [2.75, 3.05) is 0 Å². The van der Waals surface area contributed by atoms with Gasteiger partial charge in [-0.15, -0.1) is 0 Å². The second kappa shape index (κ2) is 5.31. The first kappa shape index (κ1) is 16.1. The number of pyridine rings is 1. The maximum atomic E-state index is 13.8. The van der Waals surface area contributed by atoms with Crippen LogP contribution in [-0.4, -0.2) is 24.5 Å². The molecule has 0 aromatic carbocycles. The summed E-state index contributed by atoms with van der Waals surface area (Å²) in [6.45, 7) is 4.35. The highest BCUT2D eigenvalue weighted by molar-refractivity contribution is 5.86. The minimum Gasteiger partial charge on any atom is -0.272 e. The average Bonchev–Trinajstić information content (AvgIpc) is 3.25. The monoisotopic (exact) mass is 349 g/mol. The van der Waals surface area contributed by atoms with Gasteiger partial charge in [0, 0.05) is 31.3 Å². The first-order valence-corrected chi connectivity index (χ1v) is 8.28. The van der Waals surface area contributed by atoms with Gasteiger partial charge in [-0.2, -0.15) is 23.4 Å². The van der Waals surface area contributed by atoms with E-state index in [-0.39, 0.29) is 22.6 Å². The Bertz CT molecular complexity index is 963. The van der Waals surface area contributed by atoms with Crippen LogP contribution < -0.4 is 0 Å². The van der Waals surface area contributed by atoms with Crippen LogP contribution >= 0.6 is 0 Å². The van der Waals surface area contributed by atoms with Crippen LogP contribution in [0.3, 0.4) is 0 Å². The van der Waals surface area contributed by atoms with E-state index in [0.29, 0.717) is 23.5 Å². The summed E-state index contributed by atoms with van der Waals surface area (Å²) in [6.07, 6.45) is -0.958. The fraction of sp³-hybridized carbons (Fsp3) is 0.471. The molecule has 0 saturated heterocycles. The molecule has 132 valence electrons. The quantitative estimate of drug-likeness (QED) is 0.716. The standard InChI is InChI=1S/C17H18F3N5/c1-4-25-8-11(9(2)22-25)13-7-12(17(18,19)20)14-15(10-5-6-10)23-24(3)16(14)21-13/h7-8,10H,4-6H2,1-3H3. The lowest BCUT2D eigenvalue weighted by Gasteiger charge is -2.11. The Morgan fingerprint density at radius 2 is 1.96 bits per heavy atom. The van der Waals surface area contributed by atoms with Crippen LogP contribution in [0.4, 0.5) is 13.2 Å². The van der Waals surface area contributed by atoms with Crippen LogP contribution in [0.2, 0.25) is 0 Å². The predicted octanol–water partition coefficient (Wildman–Crippen LogP) is 4.06. The molecule has 5 nitrogen and oxygen atoms in total. The summed E-state index contributed by atoms with van der Waals surface area (Å²) < 4.78 is 44.5. The van der Waals surface area contributed by atoms with E-state index >= 15 is 0 Å². The van der Waals surface area contributed by atoms with E-state index in [0.717, 1.165) is 18.9 Å². The predicted molar refractivity (Wildman–Crippen MR) is 87.1 cm³/mol. The number of aromatic nitrogens is 5. The van der Waals surface area contributed by atoms with E-state index in [4.69, 9.17) is 0 Å². The third kappa shape index (κ3) is 2.60. The molecule has 0 unspecified atom stereocenters. The minimum atomic E-state index is -4.46. The van der Waals surface area contributed by atoms with Gasteiger partial charge in [-0.1, -0.05) is 0 Å². The van der Waals surface area contributed by atoms with E-state index in [1.165, 1.54) is 4.68 Å². The molecule has 0 radical (unpaired) electrons. The SMILES string of the molecule is CCn1cc(-c2cc(C(F)(F)F)c3c(C4CC4)nn(C)c3n2)c(C)n1. The Labute approximate surface area is 142 Å². The molecule has 3 heterocycles. The van der Waals surface area contributed by atoms with Crippen molar-refractivity contribution in [1.29, 1.82) is 0 Å². The molecule has 0 aliphatic heterocycles. The fourth-order valence-corrected chi connectivity index (χ4v) is 3.21. The van der Waals surface area contributed by atoms with Crippen LogP contribution in [0.15, 0.2) is 12.3 Å². The maximum absolute atomic E-state index is 13.8. The zero-order valence-electron chi connectivity index (χ0n) is 14.2. The van der Waals surface area contributed by atoms with Crippen LogP contribution in [-0.2, 0) is 19.8 Å². The number of hydrogen-bond donors (Lipinski definition) is 0. The summed E-state index contributed by atoms with van der Waals surface area (Å²) in [7, 11) is 1.65. The molecule has 3 aromatic heterocycles. The Morgan fingerprint density at radius 1 is 1.24 bits per heavy atom. The van der Waals surface area contributed by atoms with Gasteiger partial charge in [0.2, 0.25) is 0 Å². The smallest absolute Gasteiger partial charge is 0.272 e. The third-order valence-corrected chi connectivity index (χ3v) is 4.64. The van der Waals surface area contributed by atoms with E-state index in [2.05, 4.69) is 15.2 Å². The summed E-state index contributed by atoms with van der Waals surface area (Å²) in [5, 5.41) is 8.79. The number of fused-ring (bicyclic) bond motifs is 1. The largest absolute Gasteiger partial charge is 0.417 e. The van der Waals surface area contributed by atoms with Crippen molar-refractivity contribution in [2.45, 2.75) is 45.3 Å². The summed E-state index contributed by atoms with van der Waals surface area (Å²) in [5.74, 6) is 0.113. The van der Waals surface area contributed by atoms with Gasteiger partial charge in [0.1, 0.15) is 0 Å².